The van der Waals surface area contributed by atoms with Crippen molar-refractivity contribution >= 4 is 27.8 Å². The van der Waals surface area contributed by atoms with E-state index in [9.17, 15) is 0 Å². The van der Waals surface area contributed by atoms with Crippen LogP contribution in [0.1, 0.15) is 11.1 Å². The van der Waals surface area contributed by atoms with Crippen LogP contribution in [0, 0.1) is 6.92 Å². The molecule has 2 aromatic rings. The third-order valence-corrected chi connectivity index (χ3v) is 3.81. The molecule has 0 atom stereocenters. The van der Waals surface area contributed by atoms with Crippen LogP contribution in [0.2, 0.25) is 0 Å². The fraction of sp³-hybridized carbons (Fsp3) is 0.188. The second kappa shape index (κ2) is 5.77. The van der Waals surface area contributed by atoms with E-state index in [-0.39, 0.29) is 6.79 Å². The van der Waals surface area contributed by atoms with E-state index < -0.39 is 0 Å². The van der Waals surface area contributed by atoms with Crippen molar-refractivity contribution in [3.05, 3.63) is 45.9 Å². The largest absolute Gasteiger partial charge is 0.496 e. The molecule has 21 heavy (non-hydrogen) atoms. The molecule has 1 aliphatic rings. The summed E-state index contributed by atoms with van der Waals surface area (Å²) in [6.07, 6.45) is 1.76. The molecule has 0 bridgehead atoms. The summed E-state index contributed by atoms with van der Waals surface area (Å²) in [4.78, 5) is 4.50. The van der Waals surface area contributed by atoms with Gasteiger partial charge in [-0.1, -0.05) is 6.07 Å². The van der Waals surface area contributed by atoms with E-state index in [1.54, 1.807) is 13.3 Å². The predicted molar refractivity (Wildman–Crippen MR) is 85.3 cm³/mol. The molecule has 5 heteroatoms. The molecule has 0 saturated carbocycles. The highest BCUT2D eigenvalue weighted by Crippen LogP contribution is 2.37. The minimum Gasteiger partial charge on any atom is -0.496 e. The SMILES string of the molecule is COc1cc2c(cc1C=Nc1ccc(C)cc1Br)OCO2. The highest BCUT2D eigenvalue weighted by Gasteiger charge is 2.16. The van der Waals surface area contributed by atoms with E-state index >= 15 is 0 Å². The number of fused-ring (bicyclic) bond motifs is 1. The van der Waals surface area contributed by atoms with Gasteiger partial charge in [-0.25, -0.2) is 0 Å². The van der Waals surface area contributed by atoms with Crippen molar-refractivity contribution in [1.29, 1.82) is 0 Å². The number of ether oxygens (including phenoxy) is 3. The first kappa shape index (κ1) is 13.9. The van der Waals surface area contributed by atoms with E-state index in [1.807, 2.05) is 37.3 Å². The van der Waals surface area contributed by atoms with Crippen LogP contribution in [-0.4, -0.2) is 20.1 Å². The van der Waals surface area contributed by atoms with Crippen molar-refractivity contribution in [3.8, 4) is 17.2 Å². The Balaban J connectivity index is 1.95. The Bertz CT molecular complexity index is 713. The van der Waals surface area contributed by atoms with E-state index in [2.05, 4.69) is 20.9 Å². The molecule has 4 nitrogen and oxygen atoms in total. The fourth-order valence-corrected chi connectivity index (χ4v) is 2.67. The van der Waals surface area contributed by atoms with Crippen molar-refractivity contribution in [3.63, 3.8) is 0 Å². The Morgan fingerprint density at radius 3 is 2.67 bits per heavy atom. The molecule has 108 valence electrons. The number of aliphatic imine (C=N–C) groups is 1. The molecule has 2 aromatic carbocycles. The maximum atomic E-state index is 5.38. The number of halogens is 1. The monoisotopic (exact) mass is 347 g/mol. The summed E-state index contributed by atoms with van der Waals surface area (Å²) in [6.45, 7) is 2.28. The van der Waals surface area contributed by atoms with Gasteiger partial charge >= 0.3 is 0 Å². The summed E-state index contributed by atoms with van der Waals surface area (Å²) >= 11 is 3.52. The second-order valence-electron chi connectivity index (χ2n) is 4.66. The molecule has 0 aliphatic carbocycles. The number of hydrogen-bond acceptors (Lipinski definition) is 4. The van der Waals surface area contributed by atoms with Crippen molar-refractivity contribution in [2.45, 2.75) is 6.92 Å². The summed E-state index contributed by atoms with van der Waals surface area (Å²) in [5, 5.41) is 0. The molecule has 0 fully saturated rings. The number of nitrogens with zero attached hydrogens (tertiary/aromatic N) is 1. The van der Waals surface area contributed by atoms with Crippen LogP contribution in [-0.2, 0) is 0 Å². The van der Waals surface area contributed by atoms with Gasteiger partial charge in [-0.3, -0.25) is 4.99 Å². The highest BCUT2D eigenvalue weighted by atomic mass is 79.9. The number of methoxy groups -OCH3 is 1. The maximum absolute atomic E-state index is 5.38. The topological polar surface area (TPSA) is 40.0 Å². The van der Waals surface area contributed by atoms with Gasteiger partial charge in [0, 0.05) is 22.3 Å². The molecule has 0 amide bonds. The van der Waals surface area contributed by atoms with Crippen LogP contribution in [0.15, 0.2) is 39.8 Å². The number of hydrogen-bond donors (Lipinski definition) is 0. The minimum atomic E-state index is 0.239. The van der Waals surface area contributed by atoms with E-state index in [4.69, 9.17) is 14.2 Å². The lowest BCUT2D eigenvalue weighted by atomic mass is 10.2. The van der Waals surface area contributed by atoms with Crippen molar-refractivity contribution in [2.75, 3.05) is 13.9 Å². The molecule has 1 aliphatic heterocycles. The molecule has 0 unspecified atom stereocenters. The number of rotatable bonds is 3. The summed E-state index contributed by atoms with van der Waals surface area (Å²) in [5.74, 6) is 2.10. The fourth-order valence-electron chi connectivity index (χ4n) is 2.07. The van der Waals surface area contributed by atoms with E-state index in [0.29, 0.717) is 17.2 Å². The summed E-state index contributed by atoms with van der Waals surface area (Å²) in [5.41, 5.74) is 2.89. The van der Waals surface area contributed by atoms with Crippen LogP contribution in [0.4, 0.5) is 5.69 Å². The third kappa shape index (κ3) is 2.88. The Labute approximate surface area is 131 Å². The standard InChI is InChI=1S/C16H14BrNO3/c1-10-3-4-13(12(17)5-10)18-8-11-6-15-16(21-9-20-15)7-14(11)19-2/h3-8H,9H2,1-2H3. The van der Waals surface area contributed by atoms with Crippen LogP contribution < -0.4 is 14.2 Å². The molecule has 0 saturated heterocycles. The van der Waals surface area contributed by atoms with Crippen LogP contribution in [0.5, 0.6) is 17.2 Å². The van der Waals surface area contributed by atoms with Gasteiger partial charge in [-0.15, -0.1) is 0 Å². The summed E-state index contributed by atoms with van der Waals surface area (Å²) in [6, 6.07) is 9.70. The molecule has 1 heterocycles. The first-order chi connectivity index (χ1) is 10.2. The first-order valence-electron chi connectivity index (χ1n) is 6.45. The first-order valence-corrected chi connectivity index (χ1v) is 7.24. The molecule has 0 spiro atoms. The molecule has 0 aromatic heterocycles. The molecule has 0 radical (unpaired) electrons. The van der Waals surface area contributed by atoms with Gasteiger partial charge in [0.25, 0.3) is 0 Å². The van der Waals surface area contributed by atoms with Gasteiger partial charge in [0.05, 0.1) is 12.8 Å². The average molecular weight is 348 g/mol. The Hall–Kier alpha value is -2.01. The zero-order chi connectivity index (χ0) is 14.8. The molecule has 0 N–H and O–H groups in total. The van der Waals surface area contributed by atoms with Gasteiger partial charge in [0.15, 0.2) is 11.5 Å². The Kier molecular flexibility index (Phi) is 3.84. The van der Waals surface area contributed by atoms with Gasteiger partial charge in [0.2, 0.25) is 6.79 Å². The smallest absolute Gasteiger partial charge is 0.231 e. The van der Waals surface area contributed by atoms with Gasteiger partial charge in [-0.2, -0.15) is 0 Å². The van der Waals surface area contributed by atoms with Crippen LogP contribution >= 0.6 is 15.9 Å². The van der Waals surface area contributed by atoms with Gasteiger partial charge < -0.3 is 14.2 Å². The zero-order valence-corrected chi connectivity index (χ0v) is 13.3. The quantitative estimate of drug-likeness (QED) is 0.779. The lowest BCUT2D eigenvalue weighted by Gasteiger charge is -2.06. The second-order valence-corrected chi connectivity index (χ2v) is 5.51. The Morgan fingerprint density at radius 1 is 1.19 bits per heavy atom. The maximum Gasteiger partial charge on any atom is 0.231 e. The van der Waals surface area contributed by atoms with Gasteiger partial charge in [-0.05, 0) is 46.6 Å². The van der Waals surface area contributed by atoms with Crippen molar-refractivity contribution in [2.24, 2.45) is 4.99 Å². The molecule has 3 rings (SSSR count). The lowest BCUT2D eigenvalue weighted by molar-refractivity contribution is 0.174. The molecular weight excluding hydrogens is 334 g/mol. The number of aryl methyl sites for hydroxylation is 1. The molecular formula is C16H14BrNO3. The van der Waals surface area contributed by atoms with Crippen LogP contribution in [0.3, 0.4) is 0 Å². The highest BCUT2D eigenvalue weighted by molar-refractivity contribution is 9.10. The minimum absolute atomic E-state index is 0.239. The number of benzene rings is 2. The summed E-state index contributed by atoms with van der Waals surface area (Å²) in [7, 11) is 1.62. The van der Waals surface area contributed by atoms with E-state index in [1.165, 1.54) is 5.56 Å². The van der Waals surface area contributed by atoms with E-state index in [0.717, 1.165) is 15.7 Å². The lowest BCUT2D eigenvalue weighted by Crippen LogP contribution is -1.92. The summed E-state index contributed by atoms with van der Waals surface area (Å²) < 4.78 is 17.0. The van der Waals surface area contributed by atoms with Crippen molar-refractivity contribution in [1.82, 2.24) is 0 Å². The Morgan fingerprint density at radius 2 is 1.95 bits per heavy atom. The van der Waals surface area contributed by atoms with Gasteiger partial charge in [0.1, 0.15) is 5.75 Å². The average Bonchev–Trinajstić information content (AvgIpc) is 2.92. The van der Waals surface area contributed by atoms with Crippen LogP contribution in [0.25, 0.3) is 0 Å². The van der Waals surface area contributed by atoms with Crippen molar-refractivity contribution < 1.29 is 14.2 Å². The predicted octanol–water partition coefficient (Wildman–Crippen LogP) is 4.25. The normalized spacial score (nSPS) is 12.9. The zero-order valence-electron chi connectivity index (χ0n) is 11.7. The third-order valence-electron chi connectivity index (χ3n) is 3.17.